The summed E-state index contributed by atoms with van der Waals surface area (Å²) in [6.07, 6.45) is 3.54. The molecule has 2 rings (SSSR count). The van der Waals surface area contributed by atoms with Crippen molar-refractivity contribution < 1.29 is 9.59 Å². The number of hydrogen-bond acceptors (Lipinski definition) is 3. The van der Waals surface area contributed by atoms with Gasteiger partial charge in [0.2, 0.25) is 5.91 Å². The molecule has 0 bridgehead atoms. The van der Waals surface area contributed by atoms with Crippen LogP contribution in [0.4, 0.5) is 0 Å². The second-order valence-electron chi connectivity index (χ2n) is 5.94. The minimum absolute atomic E-state index is 0.0284. The average Bonchev–Trinajstić information content (AvgIpc) is 2.53. The van der Waals surface area contributed by atoms with Gasteiger partial charge in [0.15, 0.2) is 5.78 Å². The number of likely N-dealkylation sites (tertiary alicyclic amines) is 1. The predicted octanol–water partition coefficient (Wildman–Crippen LogP) is 3.03. The highest BCUT2D eigenvalue weighted by atomic mass is 35.5. The molecule has 1 fully saturated rings. The molecule has 0 saturated carbocycles. The Hall–Kier alpha value is -1.39. The molecule has 2 N–H and O–H groups in total. The Bertz CT molecular complexity index is 528. The van der Waals surface area contributed by atoms with Crippen molar-refractivity contribution >= 4 is 23.3 Å². The van der Waals surface area contributed by atoms with Gasteiger partial charge in [0.05, 0.1) is 0 Å². The van der Waals surface area contributed by atoms with Gasteiger partial charge in [-0.05, 0) is 50.5 Å². The number of benzene rings is 1. The first-order valence-electron chi connectivity index (χ1n) is 7.83. The molecule has 5 heteroatoms. The second-order valence-corrected chi connectivity index (χ2v) is 6.38. The van der Waals surface area contributed by atoms with E-state index in [1.807, 2.05) is 11.8 Å². The molecule has 22 heavy (non-hydrogen) atoms. The lowest BCUT2D eigenvalue weighted by Crippen LogP contribution is -2.51. The van der Waals surface area contributed by atoms with Crippen LogP contribution in [-0.2, 0) is 4.79 Å². The largest absolute Gasteiger partial charge is 0.338 e. The van der Waals surface area contributed by atoms with Crippen molar-refractivity contribution in [1.82, 2.24) is 4.90 Å². The number of carbonyl (C=O) groups is 2. The molecule has 4 nitrogen and oxygen atoms in total. The summed E-state index contributed by atoms with van der Waals surface area (Å²) in [5.41, 5.74) is 6.58. The number of halogens is 1. The highest BCUT2D eigenvalue weighted by Crippen LogP contribution is 2.21. The van der Waals surface area contributed by atoms with E-state index >= 15 is 0 Å². The van der Waals surface area contributed by atoms with E-state index in [1.165, 1.54) is 0 Å². The molecule has 0 aromatic heterocycles. The zero-order valence-corrected chi connectivity index (χ0v) is 13.7. The van der Waals surface area contributed by atoms with Gasteiger partial charge in [-0.3, -0.25) is 9.59 Å². The van der Waals surface area contributed by atoms with Crippen molar-refractivity contribution in [3.05, 3.63) is 34.9 Å². The van der Waals surface area contributed by atoms with Crippen LogP contribution in [0, 0.1) is 0 Å². The van der Waals surface area contributed by atoms with Gasteiger partial charge in [-0.15, -0.1) is 0 Å². The summed E-state index contributed by atoms with van der Waals surface area (Å²) >= 11 is 5.81. The molecular formula is C17H23ClN2O2. The van der Waals surface area contributed by atoms with Gasteiger partial charge in [-0.1, -0.05) is 11.6 Å². The first-order valence-corrected chi connectivity index (χ1v) is 8.20. The minimum Gasteiger partial charge on any atom is -0.338 e. The number of carbonyl (C=O) groups excluding carboxylic acids is 2. The molecule has 0 radical (unpaired) electrons. The Balaban J connectivity index is 1.91. The summed E-state index contributed by atoms with van der Waals surface area (Å²) in [5, 5.41) is 0.598. The van der Waals surface area contributed by atoms with Crippen molar-refractivity contribution in [2.45, 2.75) is 51.1 Å². The van der Waals surface area contributed by atoms with Crippen LogP contribution in [0.1, 0.15) is 49.4 Å². The van der Waals surface area contributed by atoms with Gasteiger partial charge in [0, 0.05) is 42.1 Å². The van der Waals surface area contributed by atoms with Crippen LogP contribution in [0.15, 0.2) is 24.3 Å². The zero-order valence-electron chi connectivity index (χ0n) is 12.9. The van der Waals surface area contributed by atoms with Crippen LogP contribution in [-0.4, -0.2) is 35.2 Å². The van der Waals surface area contributed by atoms with Gasteiger partial charge in [-0.2, -0.15) is 0 Å². The van der Waals surface area contributed by atoms with E-state index in [-0.39, 0.29) is 36.6 Å². The van der Waals surface area contributed by atoms with Crippen LogP contribution in [0.5, 0.6) is 0 Å². The molecule has 1 amide bonds. The quantitative estimate of drug-likeness (QED) is 0.847. The van der Waals surface area contributed by atoms with Crippen molar-refractivity contribution in [3.8, 4) is 0 Å². The minimum atomic E-state index is -0.0313. The number of nitrogens with zero attached hydrogens (tertiary/aromatic N) is 1. The Morgan fingerprint density at radius 1 is 1.27 bits per heavy atom. The number of piperidine rings is 1. The smallest absolute Gasteiger partial charge is 0.223 e. The fourth-order valence-electron chi connectivity index (χ4n) is 2.96. The Kier molecular flexibility index (Phi) is 5.98. The molecule has 2 unspecified atom stereocenters. The maximum atomic E-state index is 12.4. The molecule has 1 aliphatic rings. The second kappa shape index (κ2) is 7.75. The highest BCUT2D eigenvalue weighted by molar-refractivity contribution is 6.30. The standard InChI is InChI=1S/C17H23ClN2O2/c1-12(19)15-4-2-3-11-20(15)17(22)10-9-16(21)13-5-7-14(18)8-6-13/h5-8,12,15H,2-4,9-11,19H2,1H3. The maximum absolute atomic E-state index is 12.4. The van der Waals surface area contributed by atoms with E-state index in [2.05, 4.69) is 0 Å². The fraction of sp³-hybridized carbons (Fsp3) is 0.529. The lowest BCUT2D eigenvalue weighted by molar-refractivity contribution is -0.135. The van der Waals surface area contributed by atoms with E-state index in [0.29, 0.717) is 10.6 Å². The van der Waals surface area contributed by atoms with Crippen molar-refractivity contribution in [2.75, 3.05) is 6.54 Å². The summed E-state index contributed by atoms with van der Waals surface area (Å²) < 4.78 is 0. The molecule has 1 aromatic rings. The Labute approximate surface area is 136 Å². The van der Waals surface area contributed by atoms with Gasteiger partial charge < -0.3 is 10.6 Å². The number of nitrogens with two attached hydrogens (primary N) is 1. The topological polar surface area (TPSA) is 63.4 Å². The zero-order chi connectivity index (χ0) is 16.1. The molecule has 0 spiro atoms. The number of amides is 1. The van der Waals surface area contributed by atoms with E-state index < -0.39 is 0 Å². The van der Waals surface area contributed by atoms with E-state index in [9.17, 15) is 9.59 Å². The van der Waals surface area contributed by atoms with Crippen molar-refractivity contribution in [3.63, 3.8) is 0 Å². The van der Waals surface area contributed by atoms with Crippen LogP contribution in [0.2, 0.25) is 5.02 Å². The van der Waals surface area contributed by atoms with Crippen LogP contribution in [0.3, 0.4) is 0 Å². The van der Waals surface area contributed by atoms with E-state index in [0.717, 1.165) is 25.8 Å². The van der Waals surface area contributed by atoms with Crippen molar-refractivity contribution in [1.29, 1.82) is 0 Å². The molecule has 2 atom stereocenters. The monoisotopic (exact) mass is 322 g/mol. The first-order chi connectivity index (χ1) is 10.5. The third-order valence-electron chi connectivity index (χ3n) is 4.21. The lowest BCUT2D eigenvalue weighted by Gasteiger charge is -2.38. The molecule has 1 aromatic carbocycles. The molecule has 1 aliphatic heterocycles. The molecule has 0 aliphatic carbocycles. The number of hydrogen-bond donors (Lipinski definition) is 1. The molecule has 1 saturated heterocycles. The van der Waals surface area contributed by atoms with E-state index in [1.54, 1.807) is 24.3 Å². The summed E-state index contributed by atoms with van der Waals surface area (Å²) in [7, 11) is 0. The van der Waals surface area contributed by atoms with E-state index in [4.69, 9.17) is 17.3 Å². The van der Waals surface area contributed by atoms with Gasteiger partial charge in [0.25, 0.3) is 0 Å². The number of rotatable bonds is 5. The third kappa shape index (κ3) is 4.31. The van der Waals surface area contributed by atoms with Gasteiger partial charge in [0.1, 0.15) is 0 Å². The van der Waals surface area contributed by atoms with Crippen LogP contribution < -0.4 is 5.73 Å². The third-order valence-corrected chi connectivity index (χ3v) is 4.46. The van der Waals surface area contributed by atoms with Crippen molar-refractivity contribution in [2.24, 2.45) is 5.73 Å². The molecule has 120 valence electrons. The molecule has 1 heterocycles. The highest BCUT2D eigenvalue weighted by Gasteiger charge is 2.29. The summed E-state index contributed by atoms with van der Waals surface area (Å²) in [6.45, 7) is 2.69. The normalized spacial score (nSPS) is 19.8. The first kappa shape index (κ1) is 17.0. The summed E-state index contributed by atoms with van der Waals surface area (Å²) in [6, 6.07) is 6.84. The van der Waals surface area contributed by atoms with Gasteiger partial charge in [-0.25, -0.2) is 0 Å². The number of Topliss-reactive ketones (excluding diaryl/α,β-unsaturated/α-hetero) is 1. The number of ketones is 1. The SMILES string of the molecule is CC(N)C1CCCCN1C(=O)CCC(=O)c1ccc(Cl)cc1. The van der Waals surface area contributed by atoms with Crippen LogP contribution in [0.25, 0.3) is 0 Å². The van der Waals surface area contributed by atoms with Crippen LogP contribution >= 0.6 is 11.6 Å². The lowest BCUT2D eigenvalue weighted by atomic mass is 9.96. The Morgan fingerprint density at radius 2 is 1.95 bits per heavy atom. The van der Waals surface area contributed by atoms with Gasteiger partial charge >= 0.3 is 0 Å². The summed E-state index contributed by atoms with van der Waals surface area (Å²) in [4.78, 5) is 26.4. The maximum Gasteiger partial charge on any atom is 0.223 e. The Morgan fingerprint density at radius 3 is 2.59 bits per heavy atom. The molecular weight excluding hydrogens is 300 g/mol. The predicted molar refractivity (Wildman–Crippen MR) is 88.0 cm³/mol. The average molecular weight is 323 g/mol. The fourth-order valence-corrected chi connectivity index (χ4v) is 3.08. The summed E-state index contributed by atoms with van der Waals surface area (Å²) in [5.74, 6) is 0.00341.